The van der Waals surface area contributed by atoms with Gasteiger partial charge in [0.2, 0.25) is 11.9 Å². The lowest BCUT2D eigenvalue weighted by molar-refractivity contribution is -0.126. The fraction of sp³-hybridized carbons (Fsp3) is 0.545. The minimum absolute atomic E-state index is 0.0472. The van der Waals surface area contributed by atoms with E-state index < -0.39 is 11.7 Å². The molecule has 0 spiro atoms. The van der Waals surface area contributed by atoms with Gasteiger partial charge in [-0.1, -0.05) is 25.3 Å². The molecule has 3 atom stereocenters. The number of aromatic nitrogens is 4. The highest BCUT2D eigenvalue weighted by atomic mass is 19.1. The van der Waals surface area contributed by atoms with Crippen LogP contribution in [0.25, 0.3) is 11.4 Å². The minimum Gasteiger partial charge on any atom is -0.377 e. The van der Waals surface area contributed by atoms with Crippen molar-refractivity contribution < 1.29 is 18.7 Å². The third-order valence-electron chi connectivity index (χ3n) is 9.39. The summed E-state index contributed by atoms with van der Waals surface area (Å²) in [7, 11) is 1.75. The van der Waals surface area contributed by atoms with Gasteiger partial charge in [-0.25, -0.2) is 14.4 Å². The Morgan fingerprint density at radius 3 is 2.65 bits per heavy atom. The Labute approximate surface area is 268 Å². The summed E-state index contributed by atoms with van der Waals surface area (Å²) in [5.74, 6) is 0.266. The van der Waals surface area contributed by atoms with E-state index in [1.807, 2.05) is 17.9 Å². The Kier molecular flexibility index (Phi) is 9.67. The third kappa shape index (κ3) is 6.93. The second-order valence-corrected chi connectivity index (χ2v) is 12.7. The van der Waals surface area contributed by atoms with Crippen LogP contribution in [0.4, 0.5) is 27.5 Å². The Balaban J connectivity index is 1.20. The quantitative estimate of drug-likeness (QED) is 0.281. The molecule has 13 heteroatoms. The molecular weight excluding hydrogens is 589 g/mol. The molecule has 1 aliphatic carbocycles. The number of hydrogen-bond acceptors (Lipinski definition) is 9. The molecule has 3 aromatic rings. The van der Waals surface area contributed by atoms with Gasteiger partial charge in [0.05, 0.1) is 48.1 Å². The minimum atomic E-state index is -0.501. The van der Waals surface area contributed by atoms with Crippen molar-refractivity contribution in [1.82, 2.24) is 25.3 Å². The lowest BCUT2D eigenvalue weighted by Crippen LogP contribution is -2.49. The highest BCUT2D eigenvalue weighted by Gasteiger charge is 2.33. The Morgan fingerprint density at radius 2 is 1.87 bits per heavy atom. The number of imidazole rings is 1. The highest BCUT2D eigenvalue weighted by Crippen LogP contribution is 2.33. The number of H-pyrrole nitrogens is 1. The number of benzene rings is 1. The van der Waals surface area contributed by atoms with E-state index in [-0.39, 0.29) is 35.8 Å². The van der Waals surface area contributed by atoms with E-state index in [9.17, 15) is 9.59 Å². The van der Waals surface area contributed by atoms with E-state index in [4.69, 9.17) is 9.72 Å². The number of nitrogens with zero attached hydrogens (tertiary/aromatic N) is 5. The van der Waals surface area contributed by atoms with Crippen LogP contribution < -0.4 is 25.8 Å². The van der Waals surface area contributed by atoms with Gasteiger partial charge in [0.15, 0.2) is 5.82 Å². The van der Waals surface area contributed by atoms with E-state index in [0.717, 1.165) is 25.7 Å². The molecule has 2 amide bonds. The smallest absolute Gasteiger partial charge is 0.291 e. The van der Waals surface area contributed by atoms with Gasteiger partial charge in [-0.15, -0.1) is 0 Å². The van der Waals surface area contributed by atoms with Crippen molar-refractivity contribution in [2.75, 3.05) is 53.8 Å². The first-order valence-electron chi connectivity index (χ1n) is 16.4. The van der Waals surface area contributed by atoms with Crippen molar-refractivity contribution in [2.24, 2.45) is 5.92 Å². The summed E-state index contributed by atoms with van der Waals surface area (Å²) in [6, 6.07) is 6.91. The maximum absolute atomic E-state index is 15.0. The number of halogens is 1. The van der Waals surface area contributed by atoms with Crippen molar-refractivity contribution in [3.8, 4) is 11.4 Å². The molecule has 3 fully saturated rings. The molecule has 46 heavy (non-hydrogen) atoms. The fourth-order valence-corrected chi connectivity index (χ4v) is 6.75. The van der Waals surface area contributed by atoms with Gasteiger partial charge in [-0.05, 0) is 51.7 Å². The van der Waals surface area contributed by atoms with Gasteiger partial charge >= 0.3 is 0 Å². The summed E-state index contributed by atoms with van der Waals surface area (Å²) < 4.78 is 20.6. The zero-order valence-corrected chi connectivity index (χ0v) is 26.8. The topological polar surface area (TPSA) is 140 Å². The summed E-state index contributed by atoms with van der Waals surface area (Å²) >= 11 is 0. The lowest BCUT2D eigenvalue weighted by atomic mass is 9.91. The van der Waals surface area contributed by atoms with Crippen LogP contribution >= 0.6 is 0 Å². The third-order valence-corrected chi connectivity index (χ3v) is 9.39. The zero-order valence-electron chi connectivity index (χ0n) is 26.8. The number of morpholine rings is 1. The van der Waals surface area contributed by atoms with Crippen LogP contribution in [0.2, 0.25) is 0 Å². The highest BCUT2D eigenvalue weighted by molar-refractivity contribution is 6.04. The summed E-state index contributed by atoms with van der Waals surface area (Å²) in [5, 5.41) is 9.18. The molecule has 246 valence electrons. The van der Waals surface area contributed by atoms with Crippen molar-refractivity contribution in [3.63, 3.8) is 0 Å². The number of para-hydroxylation sites is 1. The molecule has 2 aliphatic heterocycles. The van der Waals surface area contributed by atoms with Crippen LogP contribution in [0, 0.1) is 11.7 Å². The molecule has 2 saturated heterocycles. The van der Waals surface area contributed by atoms with E-state index in [0.29, 0.717) is 60.8 Å². The van der Waals surface area contributed by atoms with Crippen molar-refractivity contribution in [2.45, 2.75) is 76.9 Å². The van der Waals surface area contributed by atoms with Crippen LogP contribution in [-0.2, 0) is 9.53 Å². The molecule has 2 aromatic heterocycles. The molecule has 0 radical (unpaired) electrons. The molecule has 6 rings (SSSR count). The molecule has 4 heterocycles. The Hall–Kier alpha value is -4.26. The maximum Gasteiger partial charge on any atom is 0.291 e. The molecule has 0 bridgehead atoms. The first-order chi connectivity index (χ1) is 22.3. The van der Waals surface area contributed by atoms with Crippen LogP contribution in [0.1, 0.15) is 69.4 Å². The summed E-state index contributed by atoms with van der Waals surface area (Å²) in [6.45, 7) is 6.14. The summed E-state index contributed by atoms with van der Waals surface area (Å²) in [4.78, 5) is 47.4. The number of carbonyl (C=O) groups is 2. The average Bonchev–Trinajstić information content (AvgIpc) is 3.57. The van der Waals surface area contributed by atoms with Crippen molar-refractivity contribution >= 4 is 35.0 Å². The largest absolute Gasteiger partial charge is 0.377 e. The molecule has 1 saturated carbocycles. The average molecular weight is 634 g/mol. The predicted molar refractivity (Wildman–Crippen MR) is 176 cm³/mol. The van der Waals surface area contributed by atoms with Crippen LogP contribution in [0.3, 0.4) is 0 Å². The van der Waals surface area contributed by atoms with Gasteiger partial charge in [0, 0.05) is 44.3 Å². The fourth-order valence-electron chi connectivity index (χ4n) is 6.75. The number of ether oxygens (including phenoxy) is 1. The van der Waals surface area contributed by atoms with Crippen molar-refractivity contribution in [3.05, 3.63) is 42.1 Å². The van der Waals surface area contributed by atoms with Crippen LogP contribution in [0.15, 0.2) is 30.5 Å². The molecule has 1 aromatic carbocycles. The van der Waals surface area contributed by atoms with Gasteiger partial charge in [-0.3, -0.25) is 9.59 Å². The number of aromatic amines is 1. The van der Waals surface area contributed by atoms with E-state index in [2.05, 4.69) is 42.7 Å². The number of amides is 2. The van der Waals surface area contributed by atoms with Crippen molar-refractivity contribution in [1.29, 1.82) is 0 Å². The Bertz CT molecular complexity index is 1540. The van der Waals surface area contributed by atoms with Gasteiger partial charge in [0.1, 0.15) is 11.6 Å². The van der Waals surface area contributed by atoms with E-state index >= 15 is 4.39 Å². The zero-order chi connectivity index (χ0) is 32.2. The predicted octanol–water partition coefficient (Wildman–Crippen LogP) is 4.58. The first kappa shape index (κ1) is 31.7. The standard InChI is InChI=1S/C33H44FN9O3/c1-20-12-13-22(31(44)37-23-8-5-4-6-9-23)18-43(20)28-16-26(40-33(35-3)41-28)27-17-36-30(38-27)32(45)39-25-11-7-10-24(34)29(25)42-14-15-46-19-21(42)2/h7,10-11,16-17,20-23H,4-6,8-9,12-15,18-19H2,1-3H3,(H,36,38)(H,37,44)(H,39,45)(H,35,40,41). The SMILES string of the molecule is CNc1nc(-c2cnc(C(=O)Nc3cccc(F)c3N3CCOCC3C)[nH]2)cc(N2CC(C(=O)NC3CCCCC3)CCC2C)n1. The number of piperidine rings is 1. The van der Waals surface area contributed by atoms with E-state index in [1.165, 1.54) is 25.3 Å². The van der Waals surface area contributed by atoms with Gasteiger partial charge < -0.3 is 35.5 Å². The Morgan fingerprint density at radius 1 is 1.04 bits per heavy atom. The molecule has 4 N–H and O–H groups in total. The summed E-state index contributed by atoms with van der Waals surface area (Å²) in [5.41, 5.74) is 1.77. The second-order valence-electron chi connectivity index (χ2n) is 12.7. The lowest BCUT2D eigenvalue weighted by Gasteiger charge is -2.39. The molecule has 12 nitrogen and oxygen atoms in total. The molecule has 3 aliphatic rings. The number of nitrogens with one attached hydrogen (secondary N) is 4. The molecule has 3 unspecified atom stereocenters. The monoisotopic (exact) mass is 633 g/mol. The number of rotatable bonds is 8. The first-order valence-corrected chi connectivity index (χ1v) is 16.4. The number of hydrogen-bond donors (Lipinski definition) is 4. The van der Waals surface area contributed by atoms with Gasteiger partial charge in [0.25, 0.3) is 5.91 Å². The summed E-state index contributed by atoms with van der Waals surface area (Å²) in [6.07, 6.45) is 8.96. The number of carbonyl (C=O) groups excluding carboxylic acids is 2. The van der Waals surface area contributed by atoms with E-state index in [1.54, 1.807) is 25.4 Å². The second kappa shape index (κ2) is 14.0. The van der Waals surface area contributed by atoms with Crippen LogP contribution in [-0.4, -0.2) is 83.2 Å². The van der Waals surface area contributed by atoms with Crippen LogP contribution in [0.5, 0.6) is 0 Å². The van der Waals surface area contributed by atoms with Gasteiger partial charge in [-0.2, -0.15) is 4.98 Å². The molecular formula is C33H44FN9O3. The normalized spacial score (nSPS) is 22.4. The number of anilines is 4. The maximum atomic E-state index is 15.0.